The summed E-state index contributed by atoms with van der Waals surface area (Å²) in [7, 11) is 0. The van der Waals surface area contributed by atoms with Gasteiger partial charge in [-0.2, -0.15) is 0 Å². The quantitative estimate of drug-likeness (QED) is 0.516. The Kier molecular flexibility index (Phi) is 6.89. The van der Waals surface area contributed by atoms with Crippen LogP contribution in [0.2, 0.25) is 0 Å². The van der Waals surface area contributed by atoms with E-state index in [1.807, 2.05) is 0 Å². The minimum Gasteiger partial charge on any atom is -0.0654 e. The minimum absolute atomic E-state index is 1.08. The number of unbranched alkanes of at least 4 members (excludes halogenated alkanes) is 2. The molecule has 0 bridgehead atoms. The van der Waals surface area contributed by atoms with Crippen molar-refractivity contribution < 1.29 is 0 Å². The highest BCUT2D eigenvalue weighted by Gasteiger charge is 2.08. The zero-order valence-corrected chi connectivity index (χ0v) is 15.4. The number of hydrogen-bond acceptors (Lipinski definition) is 0. The van der Waals surface area contributed by atoms with Gasteiger partial charge in [0.2, 0.25) is 0 Å². The van der Waals surface area contributed by atoms with Crippen molar-refractivity contribution in [3.63, 3.8) is 0 Å². The van der Waals surface area contributed by atoms with Crippen LogP contribution in [0.3, 0.4) is 0 Å². The van der Waals surface area contributed by atoms with Crippen molar-refractivity contribution in [2.24, 2.45) is 0 Å². The molecule has 0 aliphatic carbocycles. The molecule has 0 atom stereocenters. The van der Waals surface area contributed by atoms with E-state index in [1.54, 1.807) is 11.1 Å². The lowest BCUT2D eigenvalue weighted by molar-refractivity contribution is 0.780. The van der Waals surface area contributed by atoms with Crippen LogP contribution in [0.4, 0.5) is 0 Å². The van der Waals surface area contributed by atoms with Gasteiger partial charge in [-0.15, -0.1) is 0 Å². The Morgan fingerprint density at radius 3 is 1.43 bits per heavy atom. The molecule has 0 aliphatic heterocycles. The predicted octanol–water partition coefficient (Wildman–Crippen LogP) is 6.58. The molecule has 0 fully saturated rings. The first-order valence-corrected chi connectivity index (χ1v) is 9.30. The maximum atomic E-state index is 2.39. The number of aryl methyl sites for hydroxylation is 4. The van der Waals surface area contributed by atoms with Gasteiger partial charge >= 0.3 is 0 Å². The second-order valence-electron chi connectivity index (χ2n) is 6.93. The normalized spacial score (nSPS) is 11.0. The van der Waals surface area contributed by atoms with E-state index in [4.69, 9.17) is 0 Å². The van der Waals surface area contributed by atoms with Crippen molar-refractivity contribution in [2.45, 2.75) is 72.6 Å². The topological polar surface area (TPSA) is 0 Å². The van der Waals surface area contributed by atoms with Crippen molar-refractivity contribution in [3.8, 4) is 0 Å². The molecule has 0 N–H and O–H groups in total. The largest absolute Gasteiger partial charge is 0.0654 e. The molecule has 0 aromatic heterocycles. The summed E-state index contributed by atoms with van der Waals surface area (Å²) in [4.78, 5) is 0. The Morgan fingerprint density at radius 2 is 1.04 bits per heavy atom. The summed E-state index contributed by atoms with van der Waals surface area (Å²) >= 11 is 0. The number of benzene rings is 2. The maximum absolute atomic E-state index is 2.39. The first-order valence-electron chi connectivity index (χ1n) is 9.30. The lowest BCUT2D eigenvalue weighted by atomic mass is 9.91. The zero-order chi connectivity index (χ0) is 16.7. The van der Waals surface area contributed by atoms with Crippen LogP contribution in [0.25, 0.3) is 0 Å². The Morgan fingerprint density at radius 1 is 0.609 bits per heavy atom. The summed E-state index contributed by atoms with van der Waals surface area (Å²) in [6.45, 7) is 8.96. The average molecular weight is 309 g/mol. The van der Waals surface area contributed by atoms with Gasteiger partial charge < -0.3 is 0 Å². The summed E-state index contributed by atoms with van der Waals surface area (Å²) in [6, 6.07) is 14.0. The van der Waals surface area contributed by atoms with Crippen molar-refractivity contribution in [1.82, 2.24) is 0 Å². The molecule has 2 rings (SSSR count). The van der Waals surface area contributed by atoms with Gasteiger partial charge in [0, 0.05) is 0 Å². The standard InChI is InChI=1S/C23H32/c1-5-7-9-20-15-18(3)11-13-22(20)17-23-14-12-19(4)16-21(23)10-8-6-2/h11-16H,5-10,17H2,1-4H3. The van der Waals surface area contributed by atoms with Gasteiger partial charge in [-0.1, -0.05) is 74.2 Å². The molecule has 0 amide bonds. The smallest absolute Gasteiger partial charge is 0.00203 e. The number of rotatable bonds is 8. The fraction of sp³-hybridized carbons (Fsp3) is 0.478. The van der Waals surface area contributed by atoms with E-state index in [0.29, 0.717) is 0 Å². The van der Waals surface area contributed by atoms with Gasteiger partial charge in [-0.05, 0) is 68.2 Å². The zero-order valence-electron chi connectivity index (χ0n) is 15.4. The van der Waals surface area contributed by atoms with Crippen LogP contribution < -0.4 is 0 Å². The molecule has 0 saturated heterocycles. The van der Waals surface area contributed by atoms with Crippen LogP contribution >= 0.6 is 0 Å². The second kappa shape index (κ2) is 8.91. The highest BCUT2D eigenvalue weighted by atomic mass is 14.1. The van der Waals surface area contributed by atoms with Gasteiger partial charge in [0.15, 0.2) is 0 Å². The molecule has 0 spiro atoms. The van der Waals surface area contributed by atoms with Gasteiger partial charge in [-0.3, -0.25) is 0 Å². The molecule has 0 heteroatoms. The molecule has 0 unspecified atom stereocenters. The fourth-order valence-corrected chi connectivity index (χ4v) is 3.26. The Bertz CT molecular complexity index is 566. The number of hydrogen-bond donors (Lipinski definition) is 0. The summed E-state index contributed by atoms with van der Waals surface area (Å²) in [5.41, 5.74) is 8.91. The third-order valence-corrected chi connectivity index (χ3v) is 4.70. The molecule has 0 aliphatic rings. The van der Waals surface area contributed by atoms with E-state index >= 15 is 0 Å². The van der Waals surface area contributed by atoms with Crippen LogP contribution in [0, 0.1) is 13.8 Å². The molecule has 23 heavy (non-hydrogen) atoms. The summed E-state index contributed by atoms with van der Waals surface area (Å²) in [5.74, 6) is 0. The van der Waals surface area contributed by atoms with Crippen molar-refractivity contribution in [2.75, 3.05) is 0 Å². The predicted molar refractivity (Wildman–Crippen MR) is 102 cm³/mol. The summed E-state index contributed by atoms with van der Waals surface area (Å²) in [6.07, 6.45) is 8.60. The molecule has 2 aromatic carbocycles. The van der Waals surface area contributed by atoms with Crippen molar-refractivity contribution in [3.05, 3.63) is 69.8 Å². The van der Waals surface area contributed by atoms with Crippen LogP contribution in [0.1, 0.15) is 72.9 Å². The molecular weight excluding hydrogens is 276 g/mol. The Labute approximate surface area is 143 Å². The molecule has 0 heterocycles. The lowest BCUT2D eigenvalue weighted by Gasteiger charge is -2.14. The molecule has 124 valence electrons. The van der Waals surface area contributed by atoms with Crippen LogP contribution in [-0.2, 0) is 19.3 Å². The van der Waals surface area contributed by atoms with E-state index in [0.717, 1.165) is 6.42 Å². The second-order valence-corrected chi connectivity index (χ2v) is 6.93. The molecule has 0 radical (unpaired) electrons. The highest BCUT2D eigenvalue weighted by Crippen LogP contribution is 2.22. The Hall–Kier alpha value is -1.56. The van der Waals surface area contributed by atoms with Crippen LogP contribution in [0.15, 0.2) is 36.4 Å². The van der Waals surface area contributed by atoms with E-state index < -0.39 is 0 Å². The van der Waals surface area contributed by atoms with Gasteiger partial charge in [0.05, 0.1) is 0 Å². The summed E-state index contributed by atoms with van der Waals surface area (Å²) in [5, 5.41) is 0. The monoisotopic (exact) mass is 308 g/mol. The van der Waals surface area contributed by atoms with Gasteiger partial charge in [0.1, 0.15) is 0 Å². The van der Waals surface area contributed by atoms with Crippen molar-refractivity contribution in [1.29, 1.82) is 0 Å². The van der Waals surface area contributed by atoms with Crippen LogP contribution in [-0.4, -0.2) is 0 Å². The molecule has 2 aromatic rings. The lowest BCUT2D eigenvalue weighted by Crippen LogP contribution is -2.01. The van der Waals surface area contributed by atoms with E-state index in [9.17, 15) is 0 Å². The maximum Gasteiger partial charge on any atom is -0.00203 e. The molecule has 0 saturated carbocycles. The van der Waals surface area contributed by atoms with Crippen LogP contribution in [0.5, 0.6) is 0 Å². The van der Waals surface area contributed by atoms with E-state index in [-0.39, 0.29) is 0 Å². The molecule has 0 nitrogen and oxygen atoms in total. The average Bonchev–Trinajstić information content (AvgIpc) is 2.54. The van der Waals surface area contributed by atoms with E-state index in [1.165, 1.54) is 60.8 Å². The minimum atomic E-state index is 1.08. The van der Waals surface area contributed by atoms with Gasteiger partial charge in [0.25, 0.3) is 0 Å². The van der Waals surface area contributed by atoms with Gasteiger partial charge in [-0.25, -0.2) is 0 Å². The first kappa shape index (κ1) is 17.8. The van der Waals surface area contributed by atoms with Crippen molar-refractivity contribution >= 4 is 0 Å². The third-order valence-electron chi connectivity index (χ3n) is 4.70. The molecular formula is C23H32. The van der Waals surface area contributed by atoms with E-state index in [2.05, 4.69) is 64.1 Å². The SMILES string of the molecule is CCCCc1cc(C)ccc1Cc1ccc(C)cc1CCCC. The third kappa shape index (κ3) is 5.23. The first-order chi connectivity index (χ1) is 11.1. The fourth-order valence-electron chi connectivity index (χ4n) is 3.26. The highest BCUT2D eigenvalue weighted by molar-refractivity contribution is 5.40. The summed E-state index contributed by atoms with van der Waals surface area (Å²) < 4.78 is 0. The Balaban J connectivity index is 2.27.